The summed E-state index contributed by atoms with van der Waals surface area (Å²) >= 11 is 0. The first-order chi connectivity index (χ1) is 12.7. The fourth-order valence-electron chi connectivity index (χ4n) is 2.78. The van der Waals surface area contributed by atoms with Crippen LogP contribution in [0, 0.1) is 0 Å². The van der Waals surface area contributed by atoms with E-state index < -0.39 is 0 Å². The molecule has 6 heteroatoms. The maximum absolute atomic E-state index is 9.98. The van der Waals surface area contributed by atoms with Crippen LogP contribution < -0.4 is 18.9 Å². The van der Waals surface area contributed by atoms with Gasteiger partial charge < -0.3 is 28.8 Å². The number of hydrogen-bond acceptors (Lipinski definition) is 6. The van der Waals surface area contributed by atoms with E-state index in [0.29, 0.717) is 29.4 Å². The highest BCUT2D eigenvalue weighted by Gasteiger charge is 2.19. The van der Waals surface area contributed by atoms with Gasteiger partial charge in [-0.1, -0.05) is 12.1 Å². The second-order valence-electron chi connectivity index (χ2n) is 5.72. The molecule has 2 rings (SSSR count). The summed E-state index contributed by atoms with van der Waals surface area (Å²) in [5.41, 5.74) is 1.85. The highest BCUT2D eigenvalue weighted by molar-refractivity contribution is 5.46. The van der Waals surface area contributed by atoms with Crippen molar-refractivity contribution >= 4 is 0 Å². The number of aliphatic hydroxyl groups excluding tert-OH is 1. The molecule has 0 bridgehead atoms. The normalized spacial score (nSPS) is 11.7. The van der Waals surface area contributed by atoms with Crippen LogP contribution >= 0.6 is 0 Å². The molecule has 0 saturated heterocycles. The van der Waals surface area contributed by atoms with Crippen LogP contribution in [0.25, 0.3) is 0 Å². The van der Waals surface area contributed by atoms with Crippen molar-refractivity contribution in [1.82, 2.24) is 0 Å². The Morgan fingerprint density at radius 3 is 2.08 bits per heavy atom. The minimum atomic E-state index is -0.158. The number of hydrogen-bond donors (Lipinski definition) is 1. The highest BCUT2D eigenvalue weighted by atomic mass is 16.7. The summed E-state index contributed by atoms with van der Waals surface area (Å²) in [6.45, 7) is 0.105. The van der Waals surface area contributed by atoms with Crippen molar-refractivity contribution in [1.29, 1.82) is 0 Å². The zero-order valence-electron chi connectivity index (χ0n) is 15.7. The van der Waals surface area contributed by atoms with Gasteiger partial charge in [-0.2, -0.15) is 0 Å². The van der Waals surface area contributed by atoms with Gasteiger partial charge in [-0.25, -0.2) is 0 Å². The molecule has 2 aromatic carbocycles. The molecule has 0 aliphatic carbocycles. The second kappa shape index (κ2) is 9.89. The SMILES string of the molecule is COCOc1cc(OC)ccc1CC(CO)c1ccc(OC)cc1OC. The summed E-state index contributed by atoms with van der Waals surface area (Å²) in [7, 11) is 6.38. The molecule has 0 aliphatic rings. The van der Waals surface area contributed by atoms with Gasteiger partial charge in [-0.3, -0.25) is 0 Å². The summed E-state index contributed by atoms with van der Waals surface area (Å²) in [4.78, 5) is 0. The standard InChI is InChI=1S/C20H26O6/c1-22-13-26-19-10-16(23-2)6-5-14(19)9-15(12-21)18-8-7-17(24-3)11-20(18)25-4/h5-8,10-11,15,21H,9,12-13H2,1-4H3. The van der Waals surface area contributed by atoms with Gasteiger partial charge in [0.15, 0.2) is 6.79 Å². The maximum atomic E-state index is 9.98. The molecule has 0 saturated carbocycles. The summed E-state index contributed by atoms with van der Waals surface area (Å²) in [5, 5.41) is 9.98. The van der Waals surface area contributed by atoms with Crippen molar-refractivity contribution < 1.29 is 28.8 Å². The third-order valence-corrected chi connectivity index (χ3v) is 4.17. The van der Waals surface area contributed by atoms with Crippen LogP contribution in [0.3, 0.4) is 0 Å². The Balaban J connectivity index is 2.32. The number of aliphatic hydroxyl groups is 1. The van der Waals surface area contributed by atoms with Crippen LogP contribution in [0.1, 0.15) is 17.0 Å². The maximum Gasteiger partial charge on any atom is 0.188 e. The largest absolute Gasteiger partial charge is 0.497 e. The predicted octanol–water partition coefficient (Wildman–Crippen LogP) is 3.01. The molecular weight excluding hydrogens is 336 g/mol. The molecule has 0 radical (unpaired) electrons. The Hall–Kier alpha value is -2.44. The average molecular weight is 362 g/mol. The Labute approximate surface area is 154 Å². The average Bonchev–Trinajstić information content (AvgIpc) is 2.70. The fraction of sp³-hybridized carbons (Fsp3) is 0.400. The lowest BCUT2D eigenvalue weighted by Crippen LogP contribution is -2.11. The van der Waals surface area contributed by atoms with Crippen molar-refractivity contribution in [2.75, 3.05) is 41.8 Å². The molecule has 26 heavy (non-hydrogen) atoms. The molecule has 1 N–H and O–H groups in total. The quantitative estimate of drug-likeness (QED) is 0.656. The Morgan fingerprint density at radius 2 is 1.50 bits per heavy atom. The van der Waals surface area contributed by atoms with Crippen molar-refractivity contribution in [3.63, 3.8) is 0 Å². The van der Waals surface area contributed by atoms with Crippen LogP contribution in [-0.4, -0.2) is 46.9 Å². The molecule has 0 heterocycles. The second-order valence-corrected chi connectivity index (χ2v) is 5.72. The summed E-state index contributed by atoms with van der Waals surface area (Å²) < 4.78 is 26.7. The van der Waals surface area contributed by atoms with Crippen LogP contribution in [0.2, 0.25) is 0 Å². The predicted molar refractivity (Wildman–Crippen MR) is 98.6 cm³/mol. The summed E-state index contributed by atoms with van der Waals surface area (Å²) in [6.07, 6.45) is 0.572. The van der Waals surface area contributed by atoms with Gasteiger partial charge in [0.25, 0.3) is 0 Å². The van der Waals surface area contributed by atoms with Gasteiger partial charge in [0.1, 0.15) is 23.0 Å². The zero-order valence-corrected chi connectivity index (χ0v) is 15.7. The number of benzene rings is 2. The zero-order chi connectivity index (χ0) is 18.9. The molecule has 1 atom stereocenters. The molecule has 2 aromatic rings. The Morgan fingerprint density at radius 1 is 0.846 bits per heavy atom. The van der Waals surface area contributed by atoms with Crippen molar-refractivity contribution in [3.05, 3.63) is 47.5 Å². The van der Waals surface area contributed by atoms with Gasteiger partial charge >= 0.3 is 0 Å². The topological polar surface area (TPSA) is 66.4 Å². The van der Waals surface area contributed by atoms with Crippen molar-refractivity contribution in [3.8, 4) is 23.0 Å². The lowest BCUT2D eigenvalue weighted by atomic mass is 9.91. The van der Waals surface area contributed by atoms with Gasteiger partial charge in [0.05, 0.1) is 27.9 Å². The molecule has 0 fully saturated rings. The Bertz CT molecular complexity index is 701. The first-order valence-corrected chi connectivity index (χ1v) is 8.28. The van der Waals surface area contributed by atoms with Gasteiger partial charge in [0.2, 0.25) is 0 Å². The van der Waals surface area contributed by atoms with Crippen molar-refractivity contribution in [2.24, 2.45) is 0 Å². The van der Waals surface area contributed by atoms with E-state index in [1.54, 1.807) is 28.4 Å². The third kappa shape index (κ3) is 4.80. The van der Waals surface area contributed by atoms with E-state index in [4.69, 9.17) is 23.7 Å². The molecule has 0 amide bonds. The van der Waals surface area contributed by atoms with Gasteiger partial charge in [-0.05, 0) is 24.1 Å². The van der Waals surface area contributed by atoms with Crippen LogP contribution in [-0.2, 0) is 11.2 Å². The van der Waals surface area contributed by atoms with Gasteiger partial charge in [-0.15, -0.1) is 0 Å². The minimum Gasteiger partial charge on any atom is -0.497 e. The third-order valence-electron chi connectivity index (χ3n) is 4.17. The van der Waals surface area contributed by atoms with E-state index in [2.05, 4.69) is 0 Å². The van der Waals surface area contributed by atoms with Crippen LogP contribution in [0.5, 0.6) is 23.0 Å². The first kappa shape index (κ1) is 19.9. The van der Waals surface area contributed by atoms with Crippen LogP contribution in [0.15, 0.2) is 36.4 Å². The molecule has 0 spiro atoms. The lowest BCUT2D eigenvalue weighted by molar-refractivity contribution is 0.0501. The van der Waals surface area contributed by atoms with E-state index in [0.717, 1.165) is 11.1 Å². The number of rotatable bonds is 10. The molecule has 142 valence electrons. The molecular formula is C20H26O6. The van der Waals surface area contributed by atoms with E-state index in [9.17, 15) is 5.11 Å². The highest BCUT2D eigenvalue weighted by Crippen LogP contribution is 2.35. The van der Waals surface area contributed by atoms with Crippen LogP contribution in [0.4, 0.5) is 0 Å². The van der Waals surface area contributed by atoms with E-state index in [1.807, 2.05) is 36.4 Å². The monoisotopic (exact) mass is 362 g/mol. The molecule has 0 aromatic heterocycles. The first-order valence-electron chi connectivity index (χ1n) is 8.28. The lowest BCUT2D eigenvalue weighted by Gasteiger charge is -2.20. The summed E-state index contributed by atoms with van der Waals surface area (Å²) in [5.74, 6) is 2.58. The molecule has 0 aliphatic heterocycles. The molecule has 6 nitrogen and oxygen atoms in total. The van der Waals surface area contributed by atoms with Crippen molar-refractivity contribution in [2.45, 2.75) is 12.3 Å². The molecule has 1 unspecified atom stereocenters. The number of ether oxygens (including phenoxy) is 5. The van der Waals surface area contributed by atoms with Gasteiger partial charge in [0, 0.05) is 30.7 Å². The fourth-order valence-corrected chi connectivity index (χ4v) is 2.78. The number of methoxy groups -OCH3 is 4. The minimum absolute atomic E-state index is 0.0293. The smallest absolute Gasteiger partial charge is 0.188 e. The Kier molecular flexibility index (Phi) is 7.56. The summed E-state index contributed by atoms with van der Waals surface area (Å²) in [6, 6.07) is 11.2. The van der Waals surface area contributed by atoms with E-state index in [1.165, 1.54) is 0 Å². The van der Waals surface area contributed by atoms with E-state index in [-0.39, 0.29) is 19.3 Å². The van der Waals surface area contributed by atoms with E-state index >= 15 is 0 Å².